The number of rotatable bonds is 8. The van der Waals surface area contributed by atoms with Crippen molar-refractivity contribution in [2.24, 2.45) is 0 Å². The number of aliphatic hydroxyl groups excluding tert-OH is 4. The molecule has 132 valence electrons. The SMILES string of the molecule is CCCCCCCCC=CC1OCC2=C1C(O)C(O)C(O)C2O. The van der Waals surface area contributed by atoms with Gasteiger partial charge in [-0.05, 0) is 24.0 Å². The van der Waals surface area contributed by atoms with E-state index in [-0.39, 0.29) is 6.61 Å². The Kier molecular flexibility index (Phi) is 7.24. The number of aliphatic hydroxyl groups is 4. The van der Waals surface area contributed by atoms with E-state index in [1.807, 2.05) is 12.2 Å². The first kappa shape index (κ1) is 18.6. The standard InChI is InChI=1S/C18H30O5/c1-2-3-4-5-6-7-8-9-10-13-14-12(11-23-13)15(19)17(21)18(22)16(14)20/h9-10,13,15-22H,2-8,11H2,1H3. The molecule has 1 aliphatic heterocycles. The number of allylic oxidation sites excluding steroid dienone is 1. The van der Waals surface area contributed by atoms with Crippen LogP contribution in [0.15, 0.2) is 23.3 Å². The fourth-order valence-electron chi connectivity index (χ4n) is 3.33. The number of hydrogen-bond donors (Lipinski definition) is 4. The van der Waals surface area contributed by atoms with Crippen LogP contribution < -0.4 is 0 Å². The second kappa shape index (κ2) is 8.94. The molecule has 0 aromatic carbocycles. The van der Waals surface area contributed by atoms with Gasteiger partial charge in [-0.1, -0.05) is 51.2 Å². The highest BCUT2D eigenvalue weighted by atomic mass is 16.5. The van der Waals surface area contributed by atoms with Crippen LogP contribution in [0.5, 0.6) is 0 Å². The summed E-state index contributed by atoms with van der Waals surface area (Å²) in [6.45, 7) is 2.39. The van der Waals surface area contributed by atoms with Crippen molar-refractivity contribution in [3.05, 3.63) is 23.3 Å². The second-order valence-electron chi connectivity index (χ2n) is 6.57. The first-order valence-electron chi connectivity index (χ1n) is 8.81. The predicted octanol–water partition coefficient (Wildman–Crippen LogP) is 1.45. The Morgan fingerprint density at radius 2 is 1.61 bits per heavy atom. The van der Waals surface area contributed by atoms with Gasteiger partial charge in [-0.2, -0.15) is 0 Å². The molecule has 0 amide bonds. The van der Waals surface area contributed by atoms with E-state index in [1.165, 1.54) is 32.1 Å². The van der Waals surface area contributed by atoms with Crippen LogP contribution in [0.25, 0.3) is 0 Å². The molecular formula is C18H30O5. The fourth-order valence-corrected chi connectivity index (χ4v) is 3.33. The van der Waals surface area contributed by atoms with E-state index in [0.717, 1.165) is 12.8 Å². The van der Waals surface area contributed by atoms with Crippen LogP contribution in [0.2, 0.25) is 0 Å². The van der Waals surface area contributed by atoms with E-state index in [2.05, 4.69) is 6.92 Å². The second-order valence-corrected chi connectivity index (χ2v) is 6.57. The average molecular weight is 326 g/mol. The quantitative estimate of drug-likeness (QED) is 0.400. The van der Waals surface area contributed by atoms with Crippen LogP contribution in [0, 0.1) is 0 Å². The zero-order valence-corrected chi connectivity index (χ0v) is 13.9. The molecule has 5 nitrogen and oxygen atoms in total. The van der Waals surface area contributed by atoms with Gasteiger partial charge in [0.1, 0.15) is 30.5 Å². The molecule has 5 heteroatoms. The Bertz CT molecular complexity index is 431. The summed E-state index contributed by atoms with van der Waals surface area (Å²) in [7, 11) is 0. The van der Waals surface area contributed by atoms with E-state index in [1.54, 1.807) is 0 Å². The Morgan fingerprint density at radius 3 is 2.35 bits per heavy atom. The predicted molar refractivity (Wildman–Crippen MR) is 87.9 cm³/mol. The van der Waals surface area contributed by atoms with Gasteiger partial charge in [-0.15, -0.1) is 0 Å². The first-order valence-corrected chi connectivity index (χ1v) is 8.81. The third-order valence-electron chi connectivity index (χ3n) is 4.80. The molecule has 0 saturated heterocycles. The topological polar surface area (TPSA) is 90.2 Å². The molecule has 5 unspecified atom stereocenters. The molecule has 2 rings (SSSR count). The van der Waals surface area contributed by atoms with Gasteiger partial charge < -0.3 is 25.2 Å². The Balaban J connectivity index is 1.83. The molecular weight excluding hydrogens is 296 g/mol. The summed E-state index contributed by atoms with van der Waals surface area (Å²) in [6.07, 6.45) is 6.84. The maximum atomic E-state index is 10.1. The summed E-state index contributed by atoms with van der Waals surface area (Å²) in [5.41, 5.74) is 1.01. The molecule has 4 N–H and O–H groups in total. The first-order chi connectivity index (χ1) is 11.1. The molecule has 0 saturated carbocycles. The Labute approximate surface area is 138 Å². The van der Waals surface area contributed by atoms with Crippen LogP contribution in [-0.2, 0) is 4.74 Å². The van der Waals surface area contributed by atoms with Crippen molar-refractivity contribution in [2.75, 3.05) is 6.61 Å². The van der Waals surface area contributed by atoms with E-state index < -0.39 is 30.5 Å². The summed E-state index contributed by atoms with van der Waals surface area (Å²) in [5, 5.41) is 39.7. The maximum Gasteiger partial charge on any atom is 0.113 e. The van der Waals surface area contributed by atoms with Gasteiger partial charge in [-0.25, -0.2) is 0 Å². The maximum absolute atomic E-state index is 10.1. The van der Waals surface area contributed by atoms with Crippen molar-refractivity contribution in [3.63, 3.8) is 0 Å². The van der Waals surface area contributed by atoms with Gasteiger partial charge in [0.15, 0.2) is 0 Å². The van der Waals surface area contributed by atoms with Crippen LogP contribution in [-0.4, -0.2) is 57.6 Å². The van der Waals surface area contributed by atoms with Crippen molar-refractivity contribution in [2.45, 2.75) is 82.4 Å². The number of unbranched alkanes of at least 4 members (excludes halogenated alkanes) is 6. The van der Waals surface area contributed by atoms with E-state index in [0.29, 0.717) is 11.1 Å². The third-order valence-corrected chi connectivity index (χ3v) is 4.80. The minimum Gasteiger partial charge on any atom is -0.387 e. The largest absolute Gasteiger partial charge is 0.387 e. The van der Waals surface area contributed by atoms with Crippen molar-refractivity contribution in [1.82, 2.24) is 0 Å². The highest BCUT2D eigenvalue weighted by Gasteiger charge is 2.46. The van der Waals surface area contributed by atoms with E-state index >= 15 is 0 Å². The normalized spacial score (nSPS) is 34.4. The van der Waals surface area contributed by atoms with Crippen LogP contribution in [0.1, 0.15) is 51.9 Å². The van der Waals surface area contributed by atoms with Crippen molar-refractivity contribution >= 4 is 0 Å². The highest BCUT2D eigenvalue weighted by Crippen LogP contribution is 2.35. The molecule has 0 radical (unpaired) electrons. The number of hydrogen-bond acceptors (Lipinski definition) is 5. The summed E-state index contributed by atoms with van der Waals surface area (Å²) in [6, 6.07) is 0. The lowest BCUT2D eigenvalue weighted by atomic mass is 9.82. The molecule has 1 aliphatic carbocycles. The Hall–Kier alpha value is -0.720. The van der Waals surface area contributed by atoms with Gasteiger partial charge in [0.2, 0.25) is 0 Å². The lowest BCUT2D eigenvalue weighted by molar-refractivity contribution is -0.0964. The minimum atomic E-state index is -1.38. The Morgan fingerprint density at radius 1 is 0.957 bits per heavy atom. The van der Waals surface area contributed by atoms with Crippen LogP contribution >= 0.6 is 0 Å². The van der Waals surface area contributed by atoms with Crippen LogP contribution in [0.3, 0.4) is 0 Å². The molecule has 0 aromatic rings. The molecule has 0 fully saturated rings. The van der Waals surface area contributed by atoms with Crippen LogP contribution in [0.4, 0.5) is 0 Å². The van der Waals surface area contributed by atoms with E-state index in [9.17, 15) is 20.4 Å². The highest BCUT2D eigenvalue weighted by molar-refractivity contribution is 5.38. The minimum absolute atomic E-state index is 0.184. The van der Waals surface area contributed by atoms with Crippen molar-refractivity contribution < 1.29 is 25.2 Å². The molecule has 0 bridgehead atoms. The van der Waals surface area contributed by atoms with E-state index in [4.69, 9.17) is 4.74 Å². The van der Waals surface area contributed by atoms with Gasteiger partial charge >= 0.3 is 0 Å². The van der Waals surface area contributed by atoms with Crippen molar-refractivity contribution in [3.8, 4) is 0 Å². The smallest absolute Gasteiger partial charge is 0.113 e. The summed E-state index contributed by atoms with van der Waals surface area (Å²) >= 11 is 0. The molecule has 0 spiro atoms. The zero-order chi connectivity index (χ0) is 16.8. The molecule has 1 heterocycles. The zero-order valence-electron chi connectivity index (χ0n) is 13.9. The fraction of sp³-hybridized carbons (Fsp3) is 0.778. The monoisotopic (exact) mass is 326 g/mol. The number of ether oxygens (including phenoxy) is 1. The lowest BCUT2D eigenvalue weighted by Crippen LogP contribution is -2.51. The summed E-state index contributed by atoms with van der Waals surface area (Å²) < 4.78 is 5.59. The average Bonchev–Trinajstić information content (AvgIpc) is 2.97. The summed E-state index contributed by atoms with van der Waals surface area (Å²) in [5.74, 6) is 0. The summed E-state index contributed by atoms with van der Waals surface area (Å²) in [4.78, 5) is 0. The van der Waals surface area contributed by atoms with Gasteiger partial charge in [0.05, 0.1) is 6.61 Å². The molecule has 2 aliphatic rings. The van der Waals surface area contributed by atoms with Gasteiger partial charge in [-0.3, -0.25) is 0 Å². The molecule has 5 atom stereocenters. The van der Waals surface area contributed by atoms with Crippen molar-refractivity contribution in [1.29, 1.82) is 0 Å². The van der Waals surface area contributed by atoms with Gasteiger partial charge in [0, 0.05) is 0 Å². The third kappa shape index (κ3) is 4.43. The molecule has 23 heavy (non-hydrogen) atoms. The van der Waals surface area contributed by atoms with Gasteiger partial charge in [0.25, 0.3) is 0 Å². The molecule has 0 aromatic heterocycles. The lowest BCUT2D eigenvalue weighted by Gasteiger charge is -2.34.